The van der Waals surface area contributed by atoms with Gasteiger partial charge in [-0.15, -0.1) is 0 Å². The Bertz CT molecular complexity index is 591. The molecule has 4 bridgehead atoms. The van der Waals surface area contributed by atoms with Crippen molar-refractivity contribution in [1.29, 1.82) is 0 Å². The molecule has 130 valence electrons. The average Bonchev–Trinajstić information content (AvgIpc) is 2.42. The largest absolute Gasteiger partial charge is 0.462 e. The summed E-state index contributed by atoms with van der Waals surface area (Å²) < 4.78 is 51.0. The molecule has 4 aliphatic rings. The van der Waals surface area contributed by atoms with E-state index >= 15 is 0 Å². The quantitative estimate of drug-likeness (QED) is 0.470. The summed E-state index contributed by atoms with van der Waals surface area (Å²) in [5.74, 6) is 0.389. The number of allylic oxidation sites excluding steroid dienone is 1. The van der Waals surface area contributed by atoms with E-state index in [0.717, 1.165) is 25.3 Å². The lowest BCUT2D eigenvalue weighted by Crippen LogP contribution is -2.50. The Morgan fingerprint density at radius 1 is 1.26 bits per heavy atom. The Hall–Kier alpha value is -0.950. The molecule has 0 aromatic rings. The lowest BCUT2D eigenvalue weighted by Gasteiger charge is -2.56. The maximum Gasteiger partial charge on any atom is 0.366 e. The van der Waals surface area contributed by atoms with E-state index in [0.29, 0.717) is 23.8 Å². The zero-order chi connectivity index (χ0) is 16.9. The fourth-order valence-electron chi connectivity index (χ4n) is 5.26. The van der Waals surface area contributed by atoms with Crippen molar-refractivity contribution in [2.45, 2.75) is 50.4 Å². The molecule has 4 rings (SSSR count). The number of carbonyl (C=O) groups excluding carboxylic acids is 1. The summed E-state index contributed by atoms with van der Waals surface area (Å²) in [7, 11) is -5.23. The number of halogens is 1. The molecule has 4 aliphatic carbocycles. The molecule has 5 nitrogen and oxygen atoms in total. The highest BCUT2D eigenvalue weighted by molar-refractivity contribution is 7.88. The fraction of sp³-hybridized carbons (Fsp3) is 0.812. The third kappa shape index (κ3) is 2.93. The van der Waals surface area contributed by atoms with E-state index in [-0.39, 0.29) is 12.0 Å². The Morgan fingerprint density at radius 2 is 1.74 bits per heavy atom. The maximum atomic E-state index is 14.5. The Morgan fingerprint density at radius 3 is 2.13 bits per heavy atom. The smallest absolute Gasteiger partial charge is 0.366 e. The fourth-order valence-corrected chi connectivity index (χ4v) is 5.84. The van der Waals surface area contributed by atoms with Crippen LogP contribution in [0.1, 0.15) is 45.4 Å². The van der Waals surface area contributed by atoms with Crippen LogP contribution in [-0.4, -0.2) is 30.5 Å². The Balaban J connectivity index is 1.71. The number of carbonyl (C=O) groups is 1. The first-order valence-electron chi connectivity index (χ1n) is 8.14. The first kappa shape index (κ1) is 16.9. The Labute approximate surface area is 136 Å². The van der Waals surface area contributed by atoms with Crippen LogP contribution < -0.4 is 0 Å². The van der Waals surface area contributed by atoms with Gasteiger partial charge in [0.2, 0.25) is 0 Å². The molecule has 4 fully saturated rings. The van der Waals surface area contributed by atoms with Crippen LogP contribution in [-0.2, 0) is 19.6 Å². The number of hydrogen-bond donors (Lipinski definition) is 1. The first-order valence-corrected chi connectivity index (χ1v) is 9.58. The molecule has 0 amide bonds. The van der Waals surface area contributed by atoms with Gasteiger partial charge < -0.3 is 4.74 Å². The van der Waals surface area contributed by atoms with E-state index in [4.69, 9.17) is 9.29 Å². The predicted molar refractivity (Wildman–Crippen MR) is 81.8 cm³/mol. The van der Waals surface area contributed by atoms with Crippen LogP contribution in [0.2, 0.25) is 0 Å². The highest BCUT2D eigenvalue weighted by Gasteiger charge is 2.54. The SMILES string of the molecule is C/C=C/C(F)(C(=O)OCC12CC3CC(CC(C3)C1)C2)S(=O)(=O)O. The number of rotatable bonds is 5. The van der Waals surface area contributed by atoms with Crippen molar-refractivity contribution in [1.82, 2.24) is 0 Å². The van der Waals surface area contributed by atoms with E-state index in [1.54, 1.807) is 0 Å². The zero-order valence-corrected chi connectivity index (χ0v) is 14.0. The zero-order valence-electron chi connectivity index (χ0n) is 13.2. The summed E-state index contributed by atoms with van der Waals surface area (Å²) in [6, 6.07) is 0. The molecule has 1 unspecified atom stereocenters. The summed E-state index contributed by atoms with van der Waals surface area (Å²) in [6.07, 6.45) is 8.14. The molecule has 23 heavy (non-hydrogen) atoms. The average molecular weight is 346 g/mol. The van der Waals surface area contributed by atoms with Gasteiger partial charge in [0.15, 0.2) is 0 Å². The maximum absolute atomic E-state index is 14.5. The van der Waals surface area contributed by atoms with Gasteiger partial charge in [0.05, 0.1) is 6.61 Å². The second-order valence-corrected chi connectivity index (χ2v) is 9.16. The normalized spacial score (nSPS) is 38.7. The molecule has 1 N–H and O–H groups in total. The number of esters is 1. The van der Waals surface area contributed by atoms with Gasteiger partial charge in [0.25, 0.3) is 0 Å². The predicted octanol–water partition coefficient (Wildman–Crippen LogP) is 2.88. The molecular formula is C16H23FO5S. The number of hydrogen-bond acceptors (Lipinski definition) is 4. The van der Waals surface area contributed by atoms with E-state index in [9.17, 15) is 17.6 Å². The summed E-state index contributed by atoms with van der Waals surface area (Å²) in [5.41, 5.74) is -0.138. The first-order chi connectivity index (χ1) is 10.7. The van der Waals surface area contributed by atoms with Crippen LogP contribution in [0, 0.1) is 23.2 Å². The molecule has 1 atom stereocenters. The van der Waals surface area contributed by atoms with Gasteiger partial charge in [-0.25, -0.2) is 9.18 Å². The summed E-state index contributed by atoms with van der Waals surface area (Å²) in [4.78, 5) is 12.0. The highest BCUT2D eigenvalue weighted by atomic mass is 32.2. The van der Waals surface area contributed by atoms with Gasteiger partial charge in [0.1, 0.15) is 0 Å². The monoisotopic (exact) mass is 346 g/mol. The second kappa shape index (κ2) is 5.55. The number of alkyl halides is 1. The van der Waals surface area contributed by atoms with Crippen LogP contribution in [0.3, 0.4) is 0 Å². The topological polar surface area (TPSA) is 80.7 Å². The second-order valence-electron chi connectivity index (χ2n) is 7.61. The van der Waals surface area contributed by atoms with Crippen molar-refractivity contribution < 1.29 is 26.9 Å². The van der Waals surface area contributed by atoms with Gasteiger partial charge in [-0.2, -0.15) is 8.42 Å². The molecule has 0 aromatic carbocycles. The van der Waals surface area contributed by atoms with Crippen molar-refractivity contribution >= 4 is 16.1 Å². The molecular weight excluding hydrogens is 323 g/mol. The summed E-state index contributed by atoms with van der Waals surface area (Å²) >= 11 is 0. The van der Waals surface area contributed by atoms with Crippen molar-refractivity contribution in [2.75, 3.05) is 6.61 Å². The molecule has 0 saturated heterocycles. The van der Waals surface area contributed by atoms with Gasteiger partial charge in [0, 0.05) is 5.41 Å². The highest BCUT2D eigenvalue weighted by Crippen LogP contribution is 2.60. The molecule has 4 saturated carbocycles. The molecule has 0 aromatic heterocycles. The molecule has 0 spiro atoms. The lowest BCUT2D eigenvalue weighted by atomic mass is 9.50. The van der Waals surface area contributed by atoms with E-state index in [1.807, 2.05) is 0 Å². The van der Waals surface area contributed by atoms with Crippen molar-refractivity contribution in [3.8, 4) is 0 Å². The molecule has 0 radical (unpaired) electrons. The Kier molecular flexibility index (Phi) is 4.08. The molecule has 7 heteroatoms. The third-order valence-electron chi connectivity index (χ3n) is 5.71. The van der Waals surface area contributed by atoms with Crippen LogP contribution >= 0.6 is 0 Å². The lowest BCUT2D eigenvalue weighted by molar-refractivity contribution is -0.161. The number of ether oxygens (including phenoxy) is 1. The van der Waals surface area contributed by atoms with Gasteiger partial charge in [-0.3, -0.25) is 4.55 Å². The van der Waals surface area contributed by atoms with Crippen molar-refractivity contribution in [3.05, 3.63) is 12.2 Å². The van der Waals surface area contributed by atoms with Crippen molar-refractivity contribution in [2.24, 2.45) is 23.2 Å². The van der Waals surface area contributed by atoms with Gasteiger partial charge in [-0.05, 0) is 69.3 Å². The van der Waals surface area contributed by atoms with Crippen LogP contribution in [0.25, 0.3) is 0 Å². The third-order valence-corrected chi connectivity index (χ3v) is 6.76. The van der Waals surface area contributed by atoms with E-state index < -0.39 is 21.1 Å². The van der Waals surface area contributed by atoms with Gasteiger partial charge in [-0.1, -0.05) is 6.08 Å². The molecule has 0 aliphatic heterocycles. The standard InChI is InChI=1S/C16H23FO5S/c1-2-3-16(17,23(19,20)21)14(18)22-10-15-7-11-4-12(8-15)6-13(5-11)9-15/h2-3,11-13H,4-10H2,1H3,(H,19,20,21)/b3-2+. The van der Waals surface area contributed by atoms with Crippen LogP contribution in [0.5, 0.6) is 0 Å². The minimum Gasteiger partial charge on any atom is -0.462 e. The van der Waals surface area contributed by atoms with Gasteiger partial charge >= 0.3 is 21.1 Å². The molecule has 0 heterocycles. The van der Waals surface area contributed by atoms with Crippen LogP contribution in [0.15, 0.2) is 12.2 Å². The minimum atomic E-state index is -5.23. The summed E-state index contributed by atoms with van der Waals surface area (Å²) in [5, 5.41) is -3.52. The summed E-state index contributed by atoms with van der Waals surface area (Å²) in [6.45, 7) is 1.40. The van der Waals surface area contributed by atoms with Crippen LogP contribution in [0.4, 0.5) is 4.39 Å². The van der Waals surface area contributed by atoms with E-state index in [2.05, 4.69) is 0 Å². The van der Waals surface area contributed by atoms with E-state index in [1.165, 1.54) is 26.2 Å². The minimum absolute atomic E-state index is 0.0358. The van der Waals surface area contributed by atoms with Crippen molar-refractivity contribution in [3.63, 3.8) is 0 Å².